The lowest BCUT2D eigenvalue weighted by Gasteiger charge is -2.34. The van der Waals surface area contributed by atoms with Crippen molar-refractivity contribution in [2.75, 3.05) is 35.3 Å². The van der Waals surface area contributed by atoms with Gasteiger partial charge < -0.3 is 20.3 Å². The van der Waals surface area contributed by atoms with Gasteiger partial charge in [-0.15, -0.1) is 11.8 Å². The number of fused-ring (bicyclic) bond motifs is 1. The van der Waals surface area contributed by atoms with E-state index in [-0.39, 0.29) is 35.8 Å². The summed E-state index contributed by atoms with van der Waals surface area (Å²) in [7, 11) is 1.53. The minimum absolute atomic E-state index is 0.121. The molecule has 0 unspecified atom stereocenters. The summed E-state index contributed by atoms with van der Waals surface area (Å²) in [5.74, 6) is 0.132. The van der Waals surface area contributed by atoms with Crippen molar-refractivity contribution in [2.45, 2.75) is 13.0 Å². The molecule has 0 radical (unpaired) electrons. The maximum atomic E-state index is 12.8. The number of carbonyl (C=O) groups excluding carboxylic acids is 3. The van der Waals surface area contributed by atoms with Crippen molar-refractivity contribution < 1.29 is 19.1 Å². The van der Waals surface area contributed by atoms with E-state index in [1.54, 1.807) is 23.1 Å². The topological polar surface area (TPSA) is 87.7 Å². The van der Waals surface area contributed by atoms with Crippen LogP contribution in [0.25, 0.3) is 0 Å². The lowest BCUT2D eigenvalue weighted by molar-refractivity contribution is -0.127. The van der Waals surface area contributed by atoms with Crippen molar-refractivity contribution in [1.29, 1.82) is 0 Å². The number of nitrogens with one attached hydrogen (secondary N) is 2. The number of likely N-dealkylation sites (N-methyl/N-ethyl adjacent to an activating group) is 1. The molecule has 0 spiro atoms. The Morgan fingerprint density at radius 1 is 1.14 bits per heavy atom. The van der Waals surface area contributed by atoms with Gasteiger partial charge in [0.2, 0.25) is 11.8 Å². The SMILES string of the molecule is CNC(=O)[C@@H]1CN(C(=O)CSCC(=O)Nc2cccc(C)c2)c2ccccc2O1. The number of rotatable bonds is 6. The number of hydrogen-bond acceptors (Lipinski definition) is 5. The van der Waals surface area contributed by atoms with Crippen molar-refractivity contribution in [3.8, 4) is 5.75 Å². The molecule has 1 atom stereocenters. The van der Waals surface area contributed by atoms with Crippen LogP contribution in [0.1, 0.15) is 5.56 Å². The first-order chi connectivity index (χ1) is 14.0. The summed E-state index contributed by atoms with van der Waals surface area (Å²) >= 11 is 1.23. The number of thioether (sulfide) groups is 1. The van der Waals surface area contributed by atoms with Crippen LogP contribution in [0.2, 0.25) is 0 Å². The van der Waals surface area contributed by atoms with Gasteiger partial charge in [-0.25, -0.2) is 0 Å². The lowest BCUT2D eigenvalue weighted by atomic mass is 10.2. The average molecular weight is 413 g/mol. The fourth-order valence-electron chi connectivity index (χ4n) is 3.00. The van der Waals surface area contributed by atoms with Crippen LogP contribution in [0.15, 0.2) is 48.5 Å². The third kappa shape index (κ3) is 5.29. The van der Waals surface area contributed by atoms with Crippen molar-refractivity contribution >= 4 is 40.9 Å². The second kappa shape index (κ2) is 9.47. The Morgan fingerprint density at radius 3 is 2.69 bits per heavy atom. The predicted octanol–water partition coefficient (Wildman–Crippen LogP) is 2.21. The fourth-order valence-corrected chi connectivity index (χ4v) is 3.69. The predicted molar refractivity (Wildman–Crippen MR) is 114 cm³/mol. The van der Waals surface area contributed by atoms with Gasteiger partial charge in [-0.2, -0.15) is 0 Å². The van der Waals surface area contributed by atoms with E-state index in [0.29, 0.717) is 11.4 Å². The molecule has 29 heavy (non-hydrogen) atoms. The molecule has 2 aromatic carbocycles. The molecule has 3 rings (SSSR count). The number of anilines is 2. The van der Waals surface area contributed by atoms with Gasteiger partial charge in [-0.05, 0) is 36.8 Å². The van der Waals surface area contributed by atoms with E-state index >= 15 is 0 Å². The molecule has 2 aromatic rings. The molecular formula is C21H23N3O4S. The van der Waals surface area contributed by atoms with Crippen molar-refractivity contribution in [3.63, 3.8) is 0 Å². The molecule has 1 heterocycles. The van der Waals surface area contributed by atoms with Gasteiger partial charge in [0.05, 0.1) is 23.7 Å². The summed E-state index contributed by atoms with van der Waals surface area (Å²) in [6, 6.07) is 14.6. The van der Waals surface area contributed by atoms with Crippen molar-refractivity contribution in [2.24, 2.45) is 0 Å². The van der Waals surface area contributed by atoms with Gasteiger partial charge in [0.1, 0.15) is 5.75 Å². The molecule has 1 aliphatic rings. The number of hydrogen-bond donors (Lipinski definition) is 2. The highest BCUT2D eigenvalue weighted by molar-refractivity contribution is 8.00. The lowest BCUT2D eigenvalue weighted by Crippen LogP contribution is -2.50. The monoisotopic (exact) mass is 413 g/mol. The highest BCUT2D eigenvalue weighted by Crippen LogP contribution is 2.33. The van der Waals surface area contributed by atoms with Crippen LogP contribution in [-0.2, 0) is 14.4 Å². The Balaban J connectivity index is 1.58. The van der Waals surface area contributed by atoms with E-state index in [2.05, 4.69) is 10.6 Å². The molecular weight excluding hydrogens is 390 g/mol. The van der Waals surface area contributed by atoms with Crippen LogP contribution < -0.4 is 20.3 Å². The molecule has 0 saturated carbocycles. The standard InChI is InChI=1S/C21H23N3O4S/c1-14-6-5-7-15(10-14)23-19(25)12-29-13-20(26)24-11-18(21(27)22-2)28-17-9-4-3-8-16(17)24/h3-10,18H,11-13H2,1-2H3,(H,22,27)(H,23,25)/t18-/m0/s1. The number of ether oxygens (including phenoxy) is 1. The normalized spacial score (nSPS) is 15.1. The van der Waals surface area contributed by atoms with Crippen molar-refractivity contribution in [3.05, 3.63) is 54.1 Å². The summed E-state index contributed by atoms with van der Waals surface area (Å²) < 4.78 is 5.71. The fraction of sp³-hybridized carbons (Fsp3) is 0.286. The van der Waals surface area contributed by atoms with Gasteiger partial charge in [-0.3, -0.25) is 14.4 Å². The number of para-hydroxylation sites is 2. The van der Waals surface area contributed by atoms with Crippen LogP contribution in [0, 0.1) is 6.92 Å². The number of nitrogens with zero attached hydrogens (tertiary/aromatic N) is 1. The van der Waals surface area contributed by atoms with Crippen LogP contribution in [0.3, 0.4) is 0 Å². The van der Waals surface area contributed by atoms with Crippen LogP contribution in [-0.4, -0.2) is 48.9 Å². The first-order valence-electron chi connectivity index (χ1n) is 9.20. The molecule has 0 saturated heterocycles. The van der Waals surface area contributed by atoms with E-state index in [4.69, 9.17) is 4.74 Å². The van der Waals surface area contributed by atoms with E-state index in [1.807, 2.05) is 37.3 Å². The molecule has 0 aromatic heterocycles. The second-order valence-electron chi connectivity index (χ2n) is 6.60. The largest absolute Gasteiger partial charge is 0.477 e. The number of aryl methyl sites for hydroxylation is 1. The molecule has 0 bridgehead atoms. The van der Waals surface area contributed by atoms with E-state index in [0.717, 1.165) is 11.3 Å². The molecule has 3 amide bonds. The summed E-state index contributed by atoms with van der Waals surface area (Å²) in [5.41, 5.74) is 2.42. The van der Waals surface area contributed by atoms with Gasteiger partial charge in [-0.1, -0.05) is 24.3 Å². The first kappa shape index (κ1) is 20.7. The Morgan fingerprint density at radius 2 is 1.93 bits per heavy atom. The quantitative estimate of drug-likeness (QED) is 0.758. The average Bonchev–Trinajstić information content (AvgIpc) is 2.72. The summed E-state index contributed by atoms with van der Waals surface area (Å²) in [5, 5.41) is 5.37. The number of benzene rings is 2. The van der Waals surface area contributed by atoms with Gasteiger partial charge in [0.25, 0.3) is 5.91 Å². The Bertz CT molecular complexity index is 918. The molecule has 0 fully saturated rings. The van der Waals surface area contributed by atoms with Crippen LogP contribution in [0.4, 0.5) is 11.4 Å². The Labute approximate surface area is 173 Å². The number of amides is 3. The molecule has 152 valence electrons. The molecule has 0 aliphatic carbocycles. The second-order valence-corrected chi connectivity index (χ2v) is 7.59. The summed E-state index contributed by atoms with van der Waals surface area (Å²) in [6.45, 7) is 2.08. The summed E-state index contributed by atoms with van der Waals surface area (Å²) in [6.07, 6.45) is -0.770. The highest BCUT2D eigenvalue weighted by Gasteiger charge is 2.33. The van der Waals surface area contributed by atoms with Crippen LogP contribution >= 0.6 is 11.8 Å². The third-order valence-electron chi connectivity index (χ3n) is 4.37. The van der Waals surface area contributed by atoms with E-state index in [1.165, 1.54) is 18.8 Å². The zero-order valence-electron chi connectivity index (χ0n) is 16.3. The van der Waals surface area contributed by atoms with E-state index < -0.39 is 6.10 Å². The maximum Gasteiger partial charge on any atom is 0.262 e. The zero-order valence-corrected chi connectivity index (χ0v) is 17.1. The molecule has 8 heteroatoms. The third-order valence-corrected chi connectivity index (χ3v) is 5.29. The smallest absolute Gasteiger partial charge is 0.262 e. The molecule has 7 nitrogen and oxygen atoms in total. The number of carbonyl (C=O) groups is 3. The molecule has 1 aliphatic heterocycles. The maximum absolute atomic E-state index is 12.8. The summed E-state index contributed by atoms with van der Waals surface area (Å²) in [4.78, 5) is 38.5. The Hall–Kier alpha value is -3.00. The Kier molecular flexibility index (Phi) is 6.77. The zero-order chi connectivity index (χ0) is 20.8. The van der Waals surface area contributed by atoms with Gasteiger partial charge in [0, 0.05) is 12.7 Å². The minimum atomic E-state index is -0.770. The minimum Gasteiger partial charge on any atom is -0.477 e. The van der Waals surface area contributed by atoms with Gasteiger partial charge in [0.15, 0.2) is 6.10 Å². The highest BCUT2D eigenvalue weighted by atomic mass is 32.2. The van der Waals surface area contributed by atoms with E-state index in [9.17, 15) is 14.4 Å². The van der Waals surface area contributed by atoms with Gasteiger partial charge >= 0.3 is 0 Å². The van der Waals surface area contributed by atoms with Crippen LogP contribution in [0.5, 0.6) is 5.75 Å². The first-order valence-corrected chi connectivity index (χ1v) is 10.4. The van der Waals surface area contributed by atoms with Crippen molar-refractivity contribution in [1.82, 2.24) is 5.32 Å². The molecule has 2 N–H and O–H groups in total.